The molecule has 0 aromatic carbocycles. The summed E-state index contributed by atoms with van der Waals surface area (Å²) in [4.78, 5) is 10.2. The minimum absolute atomic E-state index is 0.176. The van der Waals surface area contributed by atoms with Gasteiger partial charge in [0.25, 0.3) is 6.47 Å². The number of carbonyl (C=O) groups excluding carboxylic acids is 1. The molecule has 0 aliphatic rings. The van der Waals surface area contributed by atoms with Gasteiger partial charge in [-0.1, -0.05) is 38.9 Å². The lowest BCUT2D eigenvalue weighted by Gasteiger charge is -2.32. The van der Waals surface area contributed by atoms with Crippen LogP contribution in [0.2, 0.25) is 18.1 Å². The van der Waals surface area contributed by atoms with Gasteiger partial charge in [0.2, 0.25) is 0 Å². The molecule has 0 radical (unpaired) electrons. The van der Waals surface area contributed by atoms with Gasteiger partial charge in [-0.3, -0.25) is 4.79 Å². The van der Waals surface area contributed by atoms with Crippen molar-refractivity contribution in [2.45, 2.75) is 51.6 Å². The Morgan fingerprint density at radius 3 is 1.92 bits per heavy atom. The Balaban J connectivity index is 4.34. The van der Waals surface area contributed by atoms with E-state index in [2.05, 4.69) is 20.8 Å². The highest BCUT2D eigenvalue weighted by atomic mass is 28.3. The van der Waals surface area contributed by atoms with Gasteiger partial charge >= 0.3 is 0 Å². The van der Waals surface area contributed by atoms with Crippen LogP contribution in [0.3, 0.4) is 0 Å². The first kappa shape index (κ1) is 11.7. The van der Waals surface area contributed by atoms with Crippen molar-refractivity contribution < 1.29 is 9.53 Å². The minimum Gasteiger partial charge on any atom is -0.469 e. The van der Waals surface area contributed by atoms with E-state index in [-0.39, 0.29) is 5.73 Å². The van der Waals surface area contributed by atoms with Crippen molar-refractivity contribution in [2.75, 3.05) is 0 Å². The highest BCUT2D eigenvalue weighted by molar-refractivity contribution is 6.80. The minimum atomic E-state index is -1.30. The zero-order valence-corrected chi connectivity index (χ0v) is 9.59. The average molecular weight is 188 g/mol. The molecule has 1 atom stereocenters. The Labute approximate surface area is 76.3 Å². The van der Waals surface area contributed by atoms with Crippen LogP contribution in [0, 0.1) is 0 Å². The van der Waals surface area contributed by atoms with Gasteiger partial charge in [-0.2, -0.15) is 0 Å². The van der Waals surface area contributed by atoms with Gasteiger partial charge in [0.1, 0.15) is 8.07 Å². The molecule has 0 saturated heterocycles. The summed E-state index contributed by atoms with van der Waals surface area (Å²) in [6.07, 6.45) is 0. The Bertz CT molecular complexity index is 124. The van der Waals surface area contributed by atoms with E-state index in [1.807, 2.05) is 6.92 Å². The van der Waals surface area contributed by atoms with E-state index in [1.54, 1.807) is 0 Å². The van der Waals surface area contributed by atoms with Crippen LogP contribution < -0.4 is 0 Å². The molecule has 0 bridgehead atoms. The van der Waals surface area contributed by atoms with Crippen LogP contribution in [-0.4, -0.2) is 20.3 Å². The smallest absolute Gasteiger partial charge is 0.293 e. The van der Waals surface area contributed by atoms with Crippen LogP contribution in [0.5, 0.6) is 0 Å². The zero-order chi connectivity index (χ0) is 9.61. The Morgan fingerprint density at radius 1 is 1.25 bits per heavy atom. The predicted octanol–water partition coefficient (Wildman–Crippen LogP) is 2.60. The summed E-state index contributed by atoms with van der Waals surface area (Å²) in [7, 11) is -1.30. The summed E-state index contributed by atoms with van der Waals surface area (Å²) in [5.41, 5.74) is 0.176. The van der Waals surface area contributed by atoms with E-state index in [9.17, 15) is 4.79 Å². The monoisotopic (exact) mass is 188 g/mol. The largest absolute Gasteiger partial charge is 0.469 e. The maximum atomic E-state index is 10.2. The molecule has 3 heteroatoms. The van der Waals surface area contributed by atoms with Gasteiger partial charge in [0.05, 0.1) is 5.73 Å². The molecule has 0 aromatic heterocycles. The van der Waals surface area contributed by atoms with Crippen molar-refractivity contribution >= 4 is 14.5 Å². The number of carbonyl (C=O) groups is 1. The first-order valence-electron chi connectivity index (χ1n) is 4.76. The van der Waals surface area contributed by atoms with Gasteiger partial charge < -0.3 is 4.74 Å². The summed E-state index contributed by atoms with van der Waals surface area (Å²) in [6, 6.07) is 3.61. The van der Waals surface area contributed by atoms with Crippen LogP contribution >= 0.6 is 0 Å². The highest BCUT2D eigenvalue weighted by Crippen LogP contribution is 2.25. The van der Waals surface area contributed by atoms with E-state index < -0.39 is 8.07 Å². The maximum absolute atomic E-state index is 10.2. The van der Waals surface area contributed by atoms with Crippen molar-refractivity contribution in [2.24, 2.45) is 0 Å². The molecule has 0 aliphatic heterocycles. The summed E-state index contributed by atoms with van der Waals surface area (Å²) < 4.78 is 5.06. The van der Waals surface area contributed by atoms with Crippen molar-refractivity contribution in [3.8, 4) is 0 Å². The third-order valence-electron chi connectivity index (χ3n) is 3.23. The van der Waals surface area contributed by atoms with Crippen LogP contribution in [0.1, 0.15) is 27.7 Å². The second kappa shape index (κ2) is 5.35. The number of hydrogen-bond acceptors (Lipinski definition) is 2. The molecule has 0 amide bonds. The van der Waals surface area contributed by atoms with Crippen LogP contribution in [0.4, 0.5) is 0 Å². The van der Waals surface area contributed by atoms with Crippen molar-refractivity contribution in [3.05, 3.63) is 0 Å². The Morgan fingerprint density at radius 2 is 1.67 bits per heavy atom. The lowest BCUT2D eigenvalue weighted by molar-refractivity contribution is -0.130. The fourth-order valence-electron chi connectivity index (χ4n) is 1.84. The molecule has 0 heterocycles. The van der Waals surface area contributed by atoms with E-state index >= 15 is 0 Å². The molecule has 0 N–H and O–H groups in total. The topological polar surface area (TPSA) is 26.3 Å². The second-order valence-electron chi connectivity index (χ2n) is 3.30. The van der Waals surface area contributed by atoms with Crippen molar-refractivity contribution in [3.63, 3.8) is 0 Å². The van der Waals surface area contributed by atoms with Gasteiger partial charge in [-0.25, -0.2) is 0 Å². The lowest BCUT2D eigenvalue weighted by atomic mass is 10.8. The molecule has 0 spiro atoms. The first-order valence-corrected chi connectivity index (χ1v) is 7.45. The molecule has 72 valence electrons. The van der Waals surface area contributed by atoms with Gasteiger partial charge in [0.15, 0.2) is 0 Å². The Hall–Kier alpha value is -0.313. The van der Waals surface area contributed by atoms with E-state index in [0.717, 1.165) is 0 Å². The fourth-order valence-corrected chi connectivity index (χ4v) is 5.41. The zero-order valence-electron chi connectivity index (χ0n) is 8.59. The van der Waals surface area contributed by atoms with Crippen LogP contribution in [-0.2, 0) is 9.53 Å². The quantitative estimate of drug-likeness (QED) is 0.473. The predicted molar refractivity (Wildman–Crippen MR) is 53.8 cm³/mol. The molecule has 2 nitrogen and oxygen atoms in total. The fraction of sp³-hybridized carbons (Fsp3) is 0.889. The third-order valence-corrected chi connectivity index (χ3v) is 9.32. The molecule has 1 unspecified atom stereocenters. The maximum Gasteiger partial charge on any atom is 0.293 e. The number of rotatable bonds is 6. The highest BCUT2D eigenvalue weighted by Gasteiger charge is 2.34. The van der Waals surface area contributed by atoms with Gasteiger partial charge in [-0.15, -0.1) is 0 Å². The normalized spacial score (nSPS) is 14.0. The third kappa shape index (κ3) is 2.34. The SMILES string of the molecule is CC[Si](CC)(CC)C(C)OC=O. The van der Waals surface area contributed by atoms with Gasteiger partial charge in [0, 0.05) is 0 Å². The van der Waals surface area contributed by atoms with E-state index in [1.165, 1.54) is 18.1 Å². The summed E-state index contributed by atoms with van der Waals surface area (Å²) in [5.74, 6) is 0. The molecule has 0 aromatic rings. The lowest BCUT2D eigenvalue weighted by Crippen LogP contribution is -2.45. The van der Waals surface area contributed by atoms with Crippen molar-refractivity contribution in [1.82, 2.24) is 0 Å². The Kier molecular flexibility index (Phi) is 5.21. The van der Waals surface area contributed by atoms with Crippen LogP contribution in [0.15, 0.2) is 0 Å². The molecule has 0 aliphatic carbocycles. The van der Waals surface area contributed by atoms with E-state index in [0.29, 0.717) is 6.47 Å². The molecule has 0 saturated carbocycles. The number of hydrogen-bond donors (Lipinski definition) is 0. The van der Waals surface area contributed by atoms with E-state index in [4.69, 9.17) is 4.74 Å². The molecule has 0 rings (SSSR count). The molecular formula is C9H20O2Si. The number of ether oxygens (including phenoxy) is 1. The summed E-state index contributed by atoms with van der Waals surface area (Å²) in [6.45, 7) is 9.27. The van der Waals surface area contributed by atoms with Crippen molar-refractivity contribution in [1.29, 1.82) is 0 Å². The average Bonchev–Trinajstić information content (AvgIpc) is 2.09. The standard InChI is InChI=1S/C9H20O2Si/c1-5-12(6-2,7-3)9(4)11-8-10/h8-9H,5-7H2,1-4H3. The second-order valence-corrected chi connectivity index (χ2v) is 8.96. The summed E-state index contributed by atoms with van der Waals surface area (Å²) >= 11 is 0. The van der Waals surface area contributed by atoms with Crippen LogP contribution in [0.25, 0.3) is 0 Å². The summed E-state index contributed by atoms with van der Waals surface area (Å²) in [5, 5.41) is 0. The molecular weight excluding hydrogens is 168 g/mol. The molecule has 0 fully saturated rings. The van der Waals surface area contributed by atoms with Gasteiger partial charge in [-0.05, 0) is 6.92 Å². The first-order chi connectivity index (χ1) is 5.66. The molecule has 12 heavy (non-hydrogen) atoms.